The third-order valence-electron chi connectivity index (χ3n) is 14.5. The summed E-state index contributed by atoms with van der Waals surface area (Å²) in [4.78, 5) is 52.0. The number of carbonyl (C=O) groups is 4. The monoisotopic (exact) mass is 1090 g/mol. The van der Waals surface area contributed by atoms with Gasteiger partial charge in [-0.25, -0.2) is 8.42 Å². The van der Waals surface area contributed by atoms with E-state index in [1.165, 1.54) is 99.5 Å². The summed E-state index contributed by atoms with van der Waals surface area (Å²) in [6, 6.07) is 28.5. The van der Waals surface area contributed by atoms with Gasteiger partial charge in [0.15, 0.2) is 0 Å². The van der Waals surface area contributed by atoms with Crippen LogP contribution in [-0.2, 0) is 39.2 Å². The smallest absolute Gasteiger partial charge is 0.251 e. The molecule has 0 aliphatic heterocycles. The second-order valence-electron chi connectivity index (χ2n) is 20.1. The van der Waals surface area contributed by atoms with Crippen LogP contribution in [0.15, 0.2) is 89.8 Å². The molecular formula is C59H88ClN7O8S. The number of halogens is 1. The van der Waals surface area contributed by atoms with Crippen molar-refractivity contribution in [3.8, 4) is 5.75 Å². The van der Waals surface area contributed by atoms with Gasteiger partial charge in [0, 0.05) is 89.2 Å². The highest BCUT2D eigenvalue weighted by Gasteiger charge is 2.26. The zero-order valence-corrected chi connectivity index (χ0v) is 48.6. The van der Waals surface area contributed by atoms with Gasteiger partial charge in [-0.3, -0.25) is 29.0 Å². The number of likely N-dealkylation sites (N-methyl/N-ethyl adjacent to an activating group) is 2. The zero-order valence-electron chi connectivity index (χ0n) is 47.0. The number of benzene rings is 4. The van der Waals surface area contributed by atoms with Gasteiger partial charge in [-0.2, -0.15) is 4.31 Å². The van der Waals surface area contributed by atoms with Crippen molar-refractivity contribution in [1.29, 1.82) is 0 Å². The number of amides is 3. The molecule has 3 fully saturated rings. The van der Waals surface area contributed by atoms with Crippen molar-refractivity contribution in [2.24, 2.45) is 0 Å². The van der Waals surface area contributed by atoms with Gasteiger partial charge in [-0.1, -0.05) is 87.1 Å². The molecule has 4 aromatic carbocycles. The fourth-order valence-corrected chi connectivity index (χ4v) is 11.3. The number of nitrogens with one attached hydrogen (secondary N) is 3. The SMILES string of the molecule is CNC(=O)c1ccc(C=O)cc1.CNC(=O)c1ccc(CN(C)C2CCCC2)cc1.CNC1CCCC1.COc1cc(C)c(S(=O)(=O)N(C)CCOCC(=O)N(C)Cc2ccc(CN(C)C3CCCC3)cc2)c(C)c1.Cl. The molecule has 15 nitrogen and oxygen atoms in total. The average molecular weight is 1090 g/mol. The first-order valence-electron chi connectivity index (χ1n) is 26.6. The van der Waals surface area contributed by atoms with Crippen molar-refractivity contribution < 1.29 is 37.1 Å². The molecule has 0 spiro atoms. The molecule has 4 aromatic rings. The number of nitrogens with zero attached hydrogens (tertiary/aromatic N) is 4. The van der Waals surface area contributed by atoms with E-state index in [-0.39, 0.29) is 54.8 Å². The molecule has 3 saturated carbocycles. The van der Waals surface area contributed by atoms with E-state index in [1.807, 2.05) is 12.1 Å². The van der Waals surface area contributed by atoms with Crippen molar-refractivity contribution in [1.82, 2.24) is 35.0 Å². The van der Waals surface area contributed by atoms with E-state index >= 15 is 0 Å². The number of aldehydes is 1. The second kappa shape index (κ2) is 33.8. The van der Waals surface area contributed by atoms with Gasteiger partial charge < -0.3 is 30.3 Å². The number of hydrogen-bond acceptors (Lipinski definition) is 11. The summed E-state index contributed by atoms with van der Waals surface area (Å²) in [5.74, 6) is 0.302. The predicted molar refractivity (Wildman–Crippen MR) is 307 cm³/mol. The first-order chi connectivity index (χ1) is 35.9. The van der Waals surface area contributed by atoms with Crippen LogP contribution >= 0.6 is 12.4 Å². The van der Waals surface area contributed by atoms with Crippen LogP contribution in [-0.4, -0.2) is 146 Å². The van der Waals surface area contributed by atoms with E-state index in [2.05, 4.69) is 83.3 Å². The molecular weight excluding hydrogens is 1000 g/mol. The summed E-state index contributed by atoms with van der Waals surface area (Å²) in [5.41, 5.74) is 6.72. The van der Waals surface area contributed by atoms with Crippen LogP contribution in [0.2, 0.25) is 0 Å². The normalized spacial score (nSPS) is 14.6. The van der Waals surface area contributed by atoms with Crippen molar-refractivity contribution >= 4 is 46.4 Å². The average Bonchev–Trinajstić information content (AvgIpc) is 4.27. The van der Waals surface area contributed by atoms with Gasteiger partial charge in [0.25, 0.3) is 11.8 Å². The summed E-state index contributed by atoms with van der Waals surface area (Å²) < 4.78 is 38.3. The maximum Gasteiger partial charge on any atom is 0.251 e. The Kier molecular flexibility index (Phi) is 29.0. The molecule has 0 saturated heterocycles. The maximum absolute atomic E-state index is 13.1. The third kappa shape index (κ3) is 21.0. The molecule has 0 radical (unpaired) electrons. The molecule has 3 N–H and O–H groups in total. The number of aryl methyl sites for hydroxylation is 2. The van der Waals surface area contributed by atoms with E-state index in [1.54, 1.807) is 83.4 Å². The Morgan fingerprint density at radius 3 is 1.43 bits per heavy atom. The lowest BCUT2D eigenvalue weighted by molar-refractivity contribution is -0.135. The minimum absolute atomic E-state index is 0. The van der Waals surface area contributed by atoms with Crippen LogP contribution in [0.4, 0.5) is 0 Å². The fraction of sp³-hybridized carbons (Fsp3) is 0.525. The largest absolute Gasteiger partial charge is 0.497 e. The van der Waals surface area contributed by atoms with Crippen molar-refractivity contribution in [2.45, 2.75) is 134 Å². The first kappa shape index (κ1) is 65.1. The topological polar surface area (TPSA) is 170 Å². The van der Waals surface area contributed by atoms with E-state index in [9.17, 15) is 27.6 Å². The van der Waals surface area contributed by atoms with E-state index in [0.29, 0.717) is 40.6 Å². The van der Waals surface area contributed by atoms with E-state index in [0.717, 1.165) is 42.6 Å². The van der Waals surface area contributed by atoms with Crippen molar-refractivity contribution in [2.75, 3.05) is 76.2 Å². The van der Waals surface area contributed by atoms with Crippen LogP contribution < -0.4 is 20.7 Å². The maximum atomic E-state index is 13.1. The van der Waals surface area contributed by atoms with Crippen molar-refractivity contribution in [3.63, 3.8) is 0 Å². The minimum atomic E-state index is -3.70. The van der Waals surface area contributed by atoms with E-state index < -0.39 is 10.0 Å². The lowest BCUT2D eigenvalue weighted by Gasteiger charge is -2.24. The molecule has 7 rings (SSSR count). The van der Waals surface area contributed by atoms with Gasteiger partial charge in [-0.05, 0) is 138 Å². The molecule has 0 bridgehead atoms. The summed E-state index contributed by atoms with van der Waals surface area (Å²) in [5, 5.41) is 8.39. The summed E-state index contributed by atoms with van der Waals surface area (Å²) >= 11 is 0. The van der Waals surface area contributed by atoms with Crippen LogP contribution in [0.3, 0.4) is 0 Å². The Labute approximate surface area is 461 Å². The van der Waals surface area contributed by atoms with Gasteiger partial charge in [0.1, 0.15) is 18.6 Å². The number of hydrogen-bond donors (Lipinski definition) is 3. The Balaban J connectivity index is 0.000000325. The Morgan fingerprint density at radius 1 is 0.632 bits per heavy atom. The van der Waals surface area contributed by atoms with Crippen LogP contribution in [0.1, 0.15) is 136 Å². The highest BCUT2D eigenvalue weighted by molar-refractivity contribution is 7.89. The molecule has 3 aliphatic carbocycles. The molecule has 3 aliphatic rings. The standard InChI is InChI=1S/C29H43N3O5S.C15H22N2O.C9H9NO2.C6H13N.ClH/c1-22-17-27(36-6)18-23(2)29(22)38(34,35)32(5)15-16-37-21-28(33)31(4)20-25-13-11-24(12-14-25)19-30(3)26-9-7-8-10-26;1-16-15(18)13-9-7-12(8-10-13)11-17(2)14-5-3-4-6-14;1-10-9(12)8-4-2-7(6-11)3-5-8;1-7-6-4-2-3-5-6;/h11-14,17-18,26H,7-10,15-16,19-21H2,1-6H3;7-10,14H,3-6,11H2,1-2H3,(H,16,18);2-6H,1H3,(H,10,12);6-7H,2-5H2,1H3;1H. The number of ether oxygens (including phenoxy) is 2. The second-order valence-corrected chi connectivity index (χ2v) is 22.1. The van der Waals surface area contributed by atoms with Crippen molar-refractivity contribution in [3.05, 3.63) is 129 Å². The fourth-order valence-electron chi connectivity index (χ4n) is 9.79. The van der Waals surface area contributed by atoms with Crippen LogP contribution in [0, 0.1) is 13.8 Å². The van der Waals surface area contributed by atoms with Crippen LogP contribution in [0.5, 0.6) is 5.75 Å². The molecule has 420 valence electrons. The number of rotatable bonds is 20. The quantitative estimate of drug-likeness (QED) is 0.0571. The Morgan fingerprint density at radius 2 is 1.04 bits per heavy atom. The summed E-state index contributed by atoms with van der Waals surface area (Å²) in [7, 11) is 10.8. The lowest BCUT2D eigenvalue weighted by atomic mass is 10.1. The predicted octanol–water partition coefficient (Wildman–Crippen LogP) is 8.83. The number of sulfonamides is 1. The highest BCUT2D eigenvalue weighted by Crippen LogP contribution is 2.28. The number of methoxy groups -OCH3 is 1. The third-order valence-corrected chi connectivity index (χ3v) is 16.6. The number of carbonyl (C=O) groups excluding carboxylic acids is 4. The zero-order chi connectivity index (χ0) is 54.9. The molecule has 17 heteroatoms. The lowest BCUT2D eigenvalue weighted by Crippen LogP contribution is -2.33. The van der Waals surface area contributed by atoms with E-state index in [4.69, 9.17) is 9.47 Å². The van der Waals surface area contributed by atoms with Gasteiger partial charge in [0.2, 0.25) is 15.9 Å². The molecule has 0 unspecified atom stereocenters. The highest BCUT2D eigenvalue weighted by atomic mass is 35.5. The van der Waals surface area contributed by atoms with Gasteiger partial charge >= 0.3 is 0 Å². The molecule has 0 atom stereocenters. The summed E-state index contributed by atoms with van der Waals surface area (Å²) in [6.45, 7) is 6.07. The Bertz CT molecular complexity index is 2460. The summed E-state index contributed by atoms with van der Waals surface area (Å²) in [6.07, 6.45) is 17.0. The molecule has 0 heterocycles. The minimum Gasteiger partial charge on any atom is -0.497 e. The van der Waals surface area contributed by atoms with Gasteiger partial charge in [0.05, 0.1) is 18.6 Å². The molecule has 3 amide bonds. The van der Waals surface area contributed by atoms with Gasteiger partial charge in [-0.15, -0.1) is 12.4 Å². The van der Waals surface area contributed by atoms with Crippen LogP contribution in [0.25, 0.3) is 0 Å². The molecule has 76 heavy (non-hydrogen) atoms. The first-order valence-corrected chi connectivity index (χ1v) is 28.1. The molecule has 0 aromatic heterocycles. The Hall–Kier alpha value is -5.20.